The molecule has 2 aliphatic rings. The minimum Gasteiger partial charge on any atom is -0.496 e. The lowest BCUT2D eigenvalue weighted by Crippen LogP contribution is -2.52. The van der Waals surface area contributed by atoms with Crippen molar-refractivity contribution in [3.63, 3.8) is 0 Å². The molecule has 2 aromatic carbocycles. The molecule has 2 aromatic rings. The zero-order valence-corrected chi connectivity index (χ0v) is 17.3. The molecular weight excluding hydrogens is 383 g/mol. The third-order valence-corrected chi connectivity index (χ3v) is 6.42. The van der Waals surface area contributed by atoms with Gasteiger partial charge in [0.25, 0.3) is 5.91 Å². The van der Waals surface area contributed by atoms with E-state index in [4.69, 9.17) is 4.74 Å². The predicted octanol–water partition coefficient (Wildman–Crippen LogP) is 3.63. The molecule has 0 spiro atoms. The van der Waals surface area contributed by atoms with Crippen LogP contribution in [0.3, 0.4) is 0 Å². The first-order chi connectivity index (χ1) is 14.5. The first kappa shape index (κ1) is 20.4. The van der Waals surface area contributed by atoms with Gasteiger partial charge in [-0.25, -0.2) is 4.39 Å². The molecule has 0 atom stereocenters. The Morgan fingerprint density at radius 1 is 0.900 bits per heavy atom. The lowest BCUT2D eigenvalue weighted by molar-refractivity contribution is -0.140. The van der Waals surface area contributed by atoms with Gasteiger partial charge in [0.15, 0.2) is 0 Å². The number of carbonyl (C=O) groups excluding carboxylic acids is 2. The summed E-state index contributed by atoms with van der Waals surface area (Å²) in [4.78, 5) is 30.2. The third kappa shape index (κ3) is 3.66. The standard InChI is InChI=1S/C24H27FN2O3/c1-30-21-7-3-2-6-20(21)22(28)26-14-5-15-27(17-16-26)23(29)24(12-4-13-24)18-8-10-19(25)11-9-18/h2-3,6-11H,4-5,12-17H2,1H3. The van der Waals surface area contributed by atoms with Crippen LogP contribution in [0.2, 0.25) is 0 Å². The van der Waals surface area contributed by atoms with Crippen molar-refractivity contribution in [1.29, 1.82) is 0 Å². The maximum absolute atomic E-state index is 13.5. The summed E-state index contributed by atoms with van der Waals surface area (Å²) < 4.78 is 18.7. The highest BCUT2D eigenvalue weighted by molar-refractivity contribution is 5.97. The minimum absolute atomic E-state index is 0.0707. The summed E-state index contributed by atoms with van der Waals surface area (Å²) in [6.07, 6.45) is 3.30. The number of rotatable bonds is 4. The van der Waals surface area contributed by atoms with Gasteiger partial charge in [-0.15, -0.1) is 0 Å². The molecule has 30 heavy (non-hydrogen) atoms. The van der Waals surface area contributed by atoms with Crippen molar-refractivity contribution < 1.29 is 18.7 Å². The maximum atomic E-state index is 13.5. The largest absolute Gasteiger partial charge is 0.496 e. The second-order valence-electron chi connectivity index (χ2n) is 8.08. The second kappa shape index (κ2) is 8.46. The van der Waals surface area contributed by atoms with Gasteiger partial charge in [-0.2, -0.15) is 0 Å². The molecular formula is C24H27FN2O3. The second-order valence-corrected chi connectivity index (χ2v) is 8.08. The maximum Gasteiger partial charge on any atom is 0.257 e. The summed E-state index contributed by atoms with van der Waals surface area (Å²) in [5.74, 6) is 0.302. The van der Waals surface area contributed by atoms with E-state index in [2.05, 4.69) is 0 Å². The Balaban J connectivity index is 1.48. The molecule has 0 bridgehead atoms. The van der Waals surface area contributed by atoms with Crippen molar-refractivity contribution in [2.24, 2.45) is 0 Å². The molecule has 0 radical (unpaired) electrons. The Bertz CT molecular complexity index is 924. The lowest BCUT2D eigenvalue weighted by atomic mass is 9.63. The molecule has 0 aromatic heterocycles. The number of ether oxygens (including phenoxy) is 1. The van der Waals surface area contributed by atoms with Crippen LogP contribution in [0.5, 0.6) is 5.75 Å². The van der Waals surface area contributed by atoms with Gasteiger partial charge >= 0.3 is 0 Å². The van der Waals surface area contributed by atoms with E-state index >= 15 is 0 Å². The number of amides is 2. The molecule has 1 saturated heterocycles. The van der Waals surface area contributed by atoms with E-state index in [0.717, 1.165) is 31.2 Å². The van der Waals surface area contributed by atoms with Gasteiger partial charge in [-0.3, -0.25) is 9.59 Å². The predicted molar refractivity (Wildman–Crippen MR) is 112 cm³/mol. The SMILES string of the molecule is COc1ccccc1C(=O)N1CCCN(C(=O)C2(c3ccc(F)cc3)CCC2)CC1. The molecule has 1 aliphatic carbocycles. The molecule has 0 unspecified atom stereocenters. The zero-order chi connectivity index (χ0) is 21.1. The van der Waals surface area contributed by atoms with Crippen molar-refractivity contribution in [3.05, 3.63) is 65.5 Å². The van der Waals surface area contributed by atoms with Gasteiger partial charge < -0.3 is 14.5 Å². The normalized spacial score (nSPS) is 18.3. The zero-order valence-electron chi connectivity index (χ0n) is 17.3. The fourth-order valence-electron chi connectivity index (χ4n) is 4.54. The van der Waals surface area contributed by atoms with E-state index in [1.807, 2.05) is 17.0 Å². The van der Waals surface area contributed by atoms with Crippen LogP contribution in [0.4, 0.5) is 4.39 Å². The third-order valence-electron chi connectivity index (χ3n) is 6.42. The van der Waals surface area contributed by atoms with E-state index in [1.165, 1.54) is 12.1 Å². The number of hydrogen-bond donors (Lipinski definition) is 0. The van der Waals surface area contributed by atoms with Crippen LogP contribution < -0.4 is 4.74 Å². The van der Waals surface area contributed by atoms with Crippen LogP contribution in [-0.2, 0) is 10.2 Å². The Hall–Kier alpha value is -2.89. The molecule has 4 rings (SSSR count). The smallest absolute Gasteiger partial charge is 0.257 e. The van der Waals surface area contributed by atoms with Crippen LogP contribution in [0.25, 0.3) is 0 Å². The molecule has 6 heteroatoms. The van der Waals surface area contributed by atoms with Gasteiger partial charge in [0.2, 0.25) is 5.91 Å². The van der Waals surface area contributed by atoms with Crippen molar-refractivity contribution in [3.8, 4) is 5.75 Å². The Morgan fingerprint density at radius 2 is 1.57 bits per heavy atom. The fraction of sp³-hybridized carbons (Fsp3) is 0.417. The summed E-state index contributed by atoms with van der Waals surface area (Å²) in [6, 6.07) is 13.6. The molecule has 0 N–H and O–H groups in total. The summed E-state index contributed by atoms with van der Waals surface area (Å²) in [5, 5.41) is 0. The van der Waals surface area contributed by atoms with E-state index in [9.17, 15) is 14.0 Å². The first-order valence-corrected chi connectivity index (χ1v) is 10.5. The van der Waals surface area contributed by atoms with E-state index < -0.39 is 5.41 Å². The highest BCUT2D eigenvalue weighted by atomic mass is 19.1. The molecule has 5 nitrogen and oxygen atoms in total. The highest BCUT2D eigenvalue weighted by Crippen LogP contribution is 2.45. The monoisotopic (exact) mass is 410 g/mol. The fourth-order valence-corrected chi connectivity index (χ4v) is 4.54. The number of nitrogens with zero attached hydrogens (tertiary/aromatic N) is 2. The minimum atomic E-state index is -0.546. The average Bonchev–Trinajstić information content (AvgIpc) is 3.00. The number of para-hydroxylation sites is 1. The van der Waals surface area contributed by atoms with Crippen LogP contribution in [0.15, 0.2) is 48.5 Å². The van der Waals surface area contributed by atoms with Crippen LogP contribution in [0.1, 0.15) is 41.6 Å². The Kier molecular flexibility index (Phi) is 5.75. The van der Waals surface area contributed by atoms with Crippen molar-refractivity contribution in [2.45, 2.75) is 31.1 Å². The quantitative estimate of drug-likeness (QED) is 0.774. The van der Waals surface area contributed by atoms with Crippen molar-refractivity contribution in [1.82, 2.24) is 9.80 Å². The van der Waals surface area contributed by atoms with Gasteiger partial charge in [0.05, 0.1) is 18.1 Å². The van der Waals surface area contributed by atoms with Crippen LogP contribution in [0, 0.1) is 5.82 Å². The summed E-state index contributed by atoms with van der Waals surface area (Å²) >= 11 is 0. The van der Waals surface area contributed by atoms with Gasteiger partial charge in [0.1, 0.15) is 11.6 Å². The highest BCUT2D eigenvalue weighted by Gasteiger charge is 2.47. The number of benzene rings is 2. The lowest BCUT2D eigenvalue weighted by Gasteiger charge is -2.44. The van der Waals surface area contributed by atoms with Gasteiger partial charge in [0, 0.05) is 26.2 Å². The molecule has 1 heterocycles. The molecule has 2 fully saturated rings. The average molecular weight is 410 g/mol. The molecule has 1 saturated carbocycles. The summed E-state index contributed by atoms with van der Waals surface area (Å²) in [6.45, 7) is 2.21. The summed E-state index contributed by atoms with van der Waals surface area (Å²) in [5.41, 5.74) is 0.892. The topological polar surface area (TPSA) is 49.9 Å². The Labute approximate surface area is 176 Å². The first-order valence-electron chi connectivity index (χ1n) is 10.5. The molecule has 1 aliphatic heterocycles. The number of carbonyl (C=O) groups is 2. The van der Waals surface area contributed by atoms with Crippen LogP contribution in [-0.4, -0.2) is 54.9 Å². The van der Waals surface area contributed by atoms with Gasteiger partial charge in [-0.05, 0) is 49.1 Å². The van der Waals surface area contributed by atoms with Crippen molar-refractivity contribution in [2.75, 3.05) is 33.3 Å². The Morgan fingerprint density at radius 3 is 2.23 bits per heavy atom. The molecule has 2 amide bonds. The van der Waals surface area contributed by atoms with Gasteiger partial charge in [-0.1, -0.05) is 30.7 Å². The van der Waals surface area contributed by atoms with E-state index in [-0.39, 0.29) is 17.6 Å². The number of halogens is 1. The molecule has 158 valence electrons. The summed E-state index contributed by atoms with van der Waals surface area (Å²) in [7, 11) is 1.56. The number of hydrogen-bond acceptors (Lipinski definition) is 3. The van der Waals surface area contributed by atoms with Crippen LogP contribution >= 0.6 is 0 Å². The van der Waals surface area contributed by atoms with E-state index in [0.29, 0.717) is 37.5 Å². The van der Waals surface area contributed by atoms with E-state index in [1.54, 1.807) is 36.3 Å². The van der Waals surface area contributed by atoms with Crippen molar-refractivity contribution >= 4 is 11.8 Å². The number of methoxy groups -OCH3 is 1.